The predicted molar refractivity (Wildman–Crippen MR) is 93.0 cm³/mol. The number of nitro groups is 1. The van der Waals surface area contributed by atoms with Crippen molar-refractivity contribution < 1.29 is 13.3 Å². The van der Waals surface area contributed by atoms with Crippen molar-refractivity contribution in [1.82, 2.24) is 4.57 Å². The fourth-order valence-electron chi connectivity index (χ4n) is 2.53. The third-order valence-corrected chi connectivity index (χ3v) is 4.98. The number of anilines is 1. The normalized spacial score (nSPS) is 12.8. The van der Waals surface area contributed by atoms with Crippen LogP contribution in [0, 0.1) is 10.1 Å². The molecule has 8 heteroatoms. The summed E-state index contributed by atoms with van der Waals surface area (Å²) in [6.07, 6.45) is 4.69. The highest BCUT2D eigenvalue weighted by atomic mass is 32.2. The molecule has 1 unspecified atom stereocenters. The SMILES string of the molecule is CC(CCc1cccn1C)Nc1ccc([N+](=O)[O-])c(S(C)(=O)=O)c1. The van der Waals surface area contributed by atoms with E-state index in [-0.39, 0.29) is 10.9 Å². The summed E-state index contributed by atoms with van der Waals surface area (Å²) >= 11 is 0. The van der Waals surface area contributed by atoms with Crippen LogP contribution in [0.3, 0.4) is 0 Å². The average Bonchev–Trinajstić information content (AvgIpc) is 2.89. The van der Waals surface area contributed by atoms with Gasteiger partial charge in [0.1, 0.15) is 4.90 Å². The summed E-state index contributed by atoms with van der Waals surface area (Å²) in [7, 11) is -1.69. The van der Waals surface area contributed by atoms with Gasteiger partial charge in [-0.05, 0) is 44.0 Å². The lowest BCUT2D eigenvalue weighted by molar-refractivity contribution is -0.387. The number of aromatic nitrogens is 1. The van der Waals surface area contributed by atoms with E-state index in [0.29, 0.717) is 5.69 Å². The standard InChI is InChI=1S/C16H21N3O4S/c1-12(6-8-14-5-4-10-18(14)2)17-13-7-9-15(19(20)21)16(11-13)24(3,22)23/h4-5,7,9-12,17H,6,8H2,1-3H3. The van der Waals surface area contributed by atoms with Gasteiger partial charge in [-0.15, -0.1) is 0 Å². The molecule has 0 spiro atoms. The zero-order chi connectivity index (χ0) is 17.9. The van der Waals surface area contributed by atoms with Crippen LogP contribution in [0.5, 0.6) is 0 Å². The second-order valence-electron chi connectivity index (χ2n) is 5.91. The number of benzene rings is 1. The molecular formula is C16H21N3O4S. The van der Waals surface area contributed by atoms with Crippen molar-refractivity contribution in [2.45, 2.75) is 30.7 Å². The van der Waals surface area contributed by atoms with E-state index in [9.17, 15) is 18.5 Å². The van der Waals surface area contributed by atoms with Crippen molar-refractivity contribution in [3.63, 3.8) is 0 Å². The van der Waals surface area contributed by atoms with E-state index in [4.69, 9.17) is 0 Å². The first kappa shape index (κ1) is 18.0. The summed E-state index contributed by atoms with van der Waals surface area (Å²) in [4.78, 5) is 10.0. The summed E-state index contributed by atoms with van der Waals surface area (Å²) in [5.74, 6) is 0. The Kier molecular flexibility index (Phi) is 5.28. The van der Waals surface area contributed by atoms with Crippen LogP contribution in [0.2, 0.25) is 0 Å². The van der Waals surface area contributed by atoms with E-state index >= 15 is 0 Å². The topological polar surface area (TPSA) is 94.2 Å². The molecule has 0 aliphatic rings. The number of nitrogens with zero attached hydrogens (tertiary/aromatic N) is 2. The maximum Gasteiger partial charge on any atom is 0.288 e. The summed E-state index contributed by atoms with van der Waals surface area (Å²) < 4.78 is 25.6. The van der Waals surface area contributed by atoms with E-state index in [1.807, 2.05) is 26.2 Å². The zero-order valence-electron chi connectivity index (χ0n) is 13.9. The maximum atomic E-state index is 11.8. The van der Waals surface area contributed by atoms with Gasteiger partial charge in [0, 0.05) is 43.0 Å². The number of sulfone groups is 1. The molecule has 0 fully saturated rings. The number of aryl methyl sites for hydroxylation is 2. The molecule has 130 valence electrons. The largest absolute Gasteiger partial charge is 0.383 e. The molecule has 2 rings (SSSR count). The lowest BCUT2D eigenvalue weighted by Crippen LogP contribution is -2.17. The summed E-state index contributed by atoms with van der Waals surface area (Å²) in [5.41, 5.74) is 1.36. The molecule has 0 saturated carbocycles. The van der Waals surface area contributed by atoms with Crippen molar-refractivity contribution >= 4 is 21.2 Å². The van der Waals surface area contributed by atoms with E-state index in [2.05, 4.69) is 16.0 Å². The van der Waals surface area contributed by atoms with Crippen molar-refractivity contribution in [3.05, 3.63) is 52.3 Å². The number of hydrogen-bond acceptors (Lipinski definition) is 5. The highest BCUT2D eigenvalue weighted by molar-refractivity contribution is 7.90. The Morgan fingerprint density at radius 2 is 2.04 bits per heavy atom. The molecule has 2 aromatic rings. The van der Waals surface area contributed by atoms with Gasteiger partial charge in [-0.3, -0.25) is 10.1 Å². The van der Waals surface area contributed by atoms with Crippen LogP contribution in [0.1, 0.15) is 19.0 Å². The first-order valence-electron chi connectivity index (χ1n) is 7.53. The van der Waals surface area contributed by atoms with Crippen LogP contribution in [-0.2, 0) is 23.3 Å². The summed E-state index contributed by atoms with van der Waals surface area (Å²) in [5, 5.41) is 14.2. The fourth-order valence-corrected chi connectivity index (χ4v) is 3.39. The molecule has 1 aromatic heterocycles. The van der Waals surface area contributed by atoms with Crippen LogP contribution in [0.4, 0.5) is 11.4 Å². The third kappa shape index (κ3) is 4.35. The van der Waals surface area contributed by atoms with Gasteiger partial charge in [-0.25, -0.2) is 8.42 Å². The smallest absolute Gasteiger partial charge is 0.288 e. The number of hydrogen-bond donors (Lipinski definition) is 1. The van der Waals surface area contributed by atoms with E-state index in [0.717, 1.165) is 19.1 Å². The van der Waals surface area contributed by atoms with Gasteiger partial charge in [0.25, 0.3) is 5.69 Å². The minimum absolute atomic E-state index is 0.0915. The predicted octanol–water partition coefficient (Wildman–Crippen LogP) is 2.77. The van der Waals surface area contributed by atoms with Gasteiger partial charge in [0.2, 0.25) is 0 Å². The highest BCUT2D eigenvalue weighted by Gasteiger charge is 2.22. The molecular weight excluding hydrogens is 330 g/mol. The lowest BCUT2D eigenvalue weighted by Gasteiger charge is -2.16. The van der Waals surface area contributed by atoms with Crippen molar-refractivity contribution in [2.75, 3.05) is 11.6 Å². The molecule has 1 aromatic carbocycles. The first-order valence-corrected chi connectivity index (χ1v) is 9.43. The fraction of sp³-hybridized carbons (Fsp3) is 0.375. The lowest BCUT2D eigenvalue weighted by atomic mass is 10.1. The van der Waals surface area contributed by atoms with Gasteiger partial charge in [0.15, 0.2) is 9.84 Å². The Morgan fingerprint density at radius 1 is 1.33 bits per heavy atom. The number of nitrogens with one attached hydrogen (secondary N) is 1. The second kappa shape index (κ2) is 7.04. The van der Waals surface area contributed by atoms with Crippen LogP contribution in [0.15, 0.2) is 41.4 Å². The van der Waals surface area contributed by atoms with E-state index in [1.165, 1.54) is 23.9 Å². The quantitative estimate of drug-likeness (QED) is 0.611. The maximum absolute atomic E-state index is 11.8. The molecule has 0 bridgehead atoms. The van der Waals surface area contributed by atoms with Gasteiger partial charge in [0.05, 0.1) is 4.92 Å². The van der Waals surface area contributed by atoms with Gasteiger partial charge < -0.3 is 9.88 Å². The van der Waals surface area contributed by atoms with Crippen molar-refractivity contribution in [3.8, 4) is 0 Å². The van der Waals surface area contributed by atoms with Crippen LogP contribution < -0.4 is 5.32 Å². The zero-order valence-corrected chi connectivity index (χ0v) is 14.7. The number of rotatable bonds is 7. The summed E-state index contributed by atoms with van der Waals surface area (Å²) in [6, 6.07) is 8.22. The van der Waals surface area contributed by atoms with Crippen LogP contribution in [0.25, 0.3) is 0 Å². The molecule has 0 saturated heterocycles. The molecule has 1 atom stereocenters. The third-order valence-electron chi connectivity index (χ3n) is 3.85. The van der Waals surface area contributed by atoms with Crippen molar-refractivity contribution in [2.24, 2.45) is 7.05 Å². The Balaban J connectivity index is 2.12. The Bertz CT molecular complexity index is 843. The first-order chi connectivity index (χ1) is 11.2. The van der Waals surface area contributed by atoms with Crippen molar-refractivity contribution in [1.29, 1.82) is 0 Å². The minimum Gasteiger partial charge on any atom is -0.383 e. The van der Waals surface area contributed by atoms with E-state index < -0.39 is 20.4 Å². The van der Waals surface area contributed by atoms with Crippen LogP contribution >= 0.6 is 0 Å². The van der Waals surface area contributed by atoms with Gasteiger partial charge >= 0.3 is 0 Å². The van der Waals surface area contributed by atoms with Gasteiger partial charge in [-0.1, -0.05) is 0 Å². The van der Waals surface area contributed by atoms with E-state index in [1.54, 1.807) is 0 Å². The Hall–Kier alpha value is -2.35. The summed E-state index contributed by atoms with van der Waals surface area (Å²) in [6.45, 7) is 1.99. The van der Waals surface area contributed by atoms with Gasteiger partial charge in [-0.2, -0.15) is 0 Å². The minimum atomic E-state index is -3.68. The monoisotopic (exact) mass is 351 g/mol. The Labute approximate surface area is 141 Å². The second-order valence-corrected chi connectivity index (χ2v) is 7.89. The Morgan fingerprint density at radius 3 is 2.58 bits per heavy atom. The molecule has 7 nitrogen and oxygen atoms in total. The molecule has 1 N–H and O–H groups in total. The highest BCUT2D eigenvalue weighted by Crippen LogP contribution is 2.27. The average molecular weight is 351 g/mol. The molecule has 24 heavy (non-hydrogen) atoms. The number of nitro benzene ring substituents is 1. The van der Waals surface area contributed by atoms with Crippen LogP contribution in [-0.4, -0.2) is 30.2 Å². The molecule has 0 aliphatic heterocycles. The molecule has 1 heterocycles. The molecule has 0 aliphatic carbocycles. The molecule has 0 amide bonds. The molecule has 0 radical (unpaired) electrons.